The van der Waals surface area contributed by atoms with Gasteiger partial charge >= 0.3 is 0 Å². The summed E-state index contributed by atoms with van der Waals surface area (Å²) in [6, 6.07) is 19.4. The molecule has 7 heteroatoms. The minimum atomic E-state index is -0.487. The van der Waals surface area contributed by atoms with Crippen LogP contribution in [0.15, 0.2) is 66.7 Å². The van der Waals surface area contributed by atoms with Crippen molar-refractivity contribution in [2.45, 2.75) is 0 Å². The van der Waals surface area contributed by atoms with E-state index in [4.69, 9.17) is 33.2 Å². The lowest BCUT2D eigenvalue weighted by molar-refractivity contribution is 0.628. The van der Waals surface area contributed by atoms with Gasteiger partial charge < -0.3 is 0 Å². The van der Waals surface area contributed by atoms with E-state index in [1.54, 1.807) is 24.3 Å². The molecule has 28 heavy (non-hydrogen) atoms. The van der Waals surface area contributed by atoms with Crippen LogP contribution < -0.4 is 0 Å². The molecule has 0 aliphatic heterocycles. The molecule has 3 aromatic carbocycles. The average molecular weight is 409 g/mol. The first-order valence-electron chi connectivity index (χ1n) is 8.47. The van der Waals surface area contributed by atoms with Crippen LogP contribution in [-0.4, -0.2) is 19.5 Å². The average Bonchev–Trinajstić information content (AvgIpc) is 3.07. The Morgan fingerprint density at radius 2 is 1.50 bits per heavy atom. The van der Waals surface area contributed by atoms with Gasteiger partial charge in [0, 0.05) is 10.6 Å². The minimum Gasteiger partial charge on any atom is -0.275 e. The molecule has 0 spiro atoms. The first-order chi connectivity index (χ1) is 13.6. The third-order valence-electron chi connectivity index (χ3n) is 4.43. The maximum atomic E-state index is 13.7. The lowest BCUT2D eigenvalue weighted by atomic mass is 10.2. The fourth-order valence-electron chi connectivity index (χ4n) is 3.12. The third-order valence-corrected chi connectivity index (χ3v) is 4.98. The predicted molar refractivity (Wildman–Crippen MR) is 110 cm³/mol. The number of fused-ring (bicyclic) bond motifs is 2. The molecule has 0 saturated carbocycles. The van der Waals surface area contributed by atoms with Gasteiger partial charge in [0.25, 0.3) is 0 Å². The molecular weight excluding hydrogens is 398 g/mol. The van der Waals surface area contributed by atoms with Crippen molar-refractivity contribution in [3.8, 4) is 17.1 Å². The van der Waals surface area contributed by atoms with Crippen molar-refractivity contribution in [1.82, 2.24) is 19.5 Å². The van der Waals surface area contributed by atoms with E-state index in [0.717, 1.165) is 16.6 Å². The normalized spacial score (nSPS) is 11.4. The zero-order valence-corrected chi connectivity index (χ0v) is 15.8. The monoisotopic (exact) mass is 408 g/mol. The lowest BCUT2D eigenvalue weighted by Gasteiger charge is -2.10. The second-order valence-electron chi connectivity index (χ2n) is 6.24. The predicted octanol–water partition coefficient (Wildman–Crippen LogP) is 6.08. The van der Waals surface area contributed by atoms with Gasteiger partial charge in [0.15, 0.2) is 11.3 Å². The Kier molecular flexibility index (Phi) is 4.00. The molecule has 2 heterocycles. The summed E-state index contributed by atoms with van der Waals surface area (Å²) in [5.74, 6) is 0.129. The Balaban J connectivity index is 1.87. The standard InChI is InChI=1S/C21H11Cl2FN4/c22-13-7-5-12(6-8-13)20-27-19-21(26-18-4-2-1-3-17(18)25-19)28(20)14-9-10-16(24)15(23)11-14/h1-11H. The molecule has 0 aliphatic rings. The van der Waals surface area contributed by atoms with E-state index in [1.165, 1.54) is 6.07 Å². The lowest BCUT2D eigenvalue weighted by Crippen LogP contribution is -2.00. The number of aromatic nitrogens is 4. The number of rotatable bonds is 2. The highest BCUT2D eigenvalue weighted by Crippen LogP contribution is 2.30. The van der Waals surface area contributed by atoms with E-state index in [9.17, 15) is 4.39 Å². The van der Waals surface area contributed by atoms with Crippen LogP contribution in [-0.2, 0) is 0 Å². The van der Waals surface area contributed by atoms with Crippen molar-refractivity contribution < 1.29 is 4.39 Å². The Morgan fingerprint density at radius 1 is 0.786 bits per heavy atom. The topological polar surface area (TPSA) is 43.6 Å². The van der Waals surface area contributed by atoms with E-state index < -0.39 is 5.82 Å². The summed E-state index contributed by atoms with van der Waals surface area (Å²) in [4.78, 5) is 14.1. The van der Waals surface area contributed by atoms with Gasteiger partial charge in [-0.3, -0.25) is 4.57 Å². The summed E-state index contributed by atoms with van der Waals surface area (Å²) < 4.78 is 15.6. The van der Waals surface area contributed by atoms with Gasteiger partial charge in [0.05, 0.1) is 21.7 Å². The SMILES string of the molecule is Fc1ccc(-n2c(-c3ccc(Cl)cc3)nc3nc4ccccc4nc32)cc1Cl. The van der Waals surface area contributed by atoms with Gasteiger partial charge in [-0.2, -0.15) is 0 Å². The Bertz CT molecular complexity index is 1350. The van der Waals surface area contributed by atoms with Crippen molar-refractivity contribution in [3.63, 3.8) is 0 Å². The van der Waals surface area contributed by atoms with E-state index in [-0.39, 0.29) is 5.02 Å². The highest BCUT2D eigenvalue weighted by atomic mass is 35.5. The van der Waals surface area contributed by atoms with Gasteiger partial charge in [0.2, 0.25) is 0 Å². The summed E-state index contributed by atoms with van der Waals surface area (Å²) >= 11 is 12.1. The van der Waals surface area contributed by atoms with Crippen molar-refractivity contribution in [2.75, 3.05) is 0 Å². The second kappa shape index (κ2) is 6.55. The van der Waals surface area contributed by atoms with Crippen LogP contribution >= 0.6 is 23.2 Å². The maximum Gasteiger partial charge on any atom is 0.199 e. The number of benzene rings is 3. The molecule has 2 aromatic heterocycles. The molecule has 136 valence electrons. The van der Waals surface area contributed by atoms with Crippen LogP contribution in [0.2, 0.25) is 10.0 Å². The number of para-hydroxylation sites is 2. The van der Waals surface area contributed by atoms with Gasteiger partial charge in [-0.25, -0.2) is 19.3 Å². The van der Waals surface area contributed by atoms with Crippen molar-refractivity contribution in [2.24, 2.45) is 0 Å². The summed E-state index contributed by atoms with van der Waals surface area (Å²) in [5, 5.41) is 0.647. The molecule has 0 aliphatic carbocycles. The molecule has 0 N–H and O–H groups in total. The molecule has 0 atom stereocenters. The second-order valence-corrected chi connectivity index (χ2v) is 7.08. The number of halogens is 3. The highest BCUT2D eigenvalue weighted by molar-refractivity contribution is 6.31. The largest absolute Gasteiger partial charge is 0.275 e. The number of nitrogens with zero attached hydrogens (tertiary/aromatic N) is 4. The molecule has 0 fully saturated rings. The minimum absolute atomic E-state index is 0.0233. The Hall–Kier alpha value is -3.02. The quantitative estimate of drug-likeness (QED) is 0.355. The van der Waals surface area contributed by atoms with Crippen molar-refractivity contribution in [1.29, 1.82) is 0 Å². The van der Waals surface area contributed by atoms with Crippen LogP contribution in [0.1, 0.15) is 0 Å². The third kappa shape index (κ3) is 2.80. The van der Waals surface area contributed by atoms with E-state index in [1.807, 2.05) is 41.0 Å². The fraction of sp³-hybridized carbons (Fsp3) is 0. The zero-order valence-electron chi connectivity index (χ0n) is 14.3. The Morgan fingerprint density at radius 3 is 2.21 bits per heavy atom. The molecule has 4 nitrogen and oxygen atoms in total. The number of imidazole rings is 1. The molecule has 5 rings (SSSR count). The smallest absolute Gasteiger partial charge is 0.199 e. The van der Waals surface area contributed by atoms with Crippen LogP contribution in [0.5, 0.6) is 0 Å². The van der Waals surface area contributed by atoms with Crippen LogP contribution in [0, 0.1) is 5.82 Å². The summed E-state index contributed by atoms with van der Waals surface area (Å²) in [7, 11) is 0. The van der Waals surface area contributed by atoms with Gasteiger partial charge in [-0.15, -0.1) is 0 Å². The van der Waals surface area contributed by atoms with E-state index >= 15 is 0 Å². The molecule has 0 bridgehead atoms. The van der Waals surface area contributed by atoms with Gasteiger partial charge in [0.1, 0.15) is 11.6 Å². The highest BCUT2D eigenvalue weighted by Gasteiger charge is 2.18. The van der Waals surface area contributed by atoms with Crippen LogP contribution in [0.3, 0.4) is 0 Å². The molecule has 5 aromatic rings. The number of hydrogen-bond donors (Lipinski definition) is 0. The van der Waals surface area contributed by atoms with Crippen LogP contribution in [0.4, 0.5) is 4.39 Å². The Labute approximate surface area is 169 Å². The van der Waals surface area contributed by atoms with Gasteiger partial charge in [-0.1, -0.05) is 35.3 Å². The fourth-order valence-corrected chi connectivity index (χ4v) is 3.42. The van der Waals surface area contributed by atoms with Crippen molar-refractivity contribution >= 4 is 45.5 Å². The molecular formula is C21H11Cl2FN4. The zero-order chi connectivity index (χ0) is 19.3. The van der Waals surface area contributed by atoms with E-state index in [0.29, 0.717) is 27.8 Å². The van der Waals surface area contributed by atoms with E-state index in [2.05, 4.69) is 4.98 Å². The summed E-state index contributed by atoms with van der Waals surface area (Å²) in [6.07, 6.45) is 0. The van der Waals surface area contributed by atoms with Crippen molar-refractivity contribution in [3.05, 3.63) is 82.6 Å². The molecule has 0 unspecified atom stereocenters. The van der Waals surface area contributed by atoms with Crippen LogP contribution in [0.25, 0.3) is 39.4 Å². The summed E-state index contributed by atoms with van der Waals surface area (Å²) in [5.41, 5.74) is 4.01. The molecule has 0 saturated heterocycles. The molecule has 0 amide bonds. The van der Waals surface area contributed by atoms with Gasteiger partial charge in [-0.05, 0) is 54.6 Å². The first kappa shape index (κ1) is 17.1. The number of hydrogen-bond acceptors (Lipinski definition) is 3. The first-order valence-corrected chi connectivity index (χ1v) is 9.22. The summed E-state index contributed by atoms with van der Waals surface area (Å²) in [6.45, 7) is 0. The maximum absolute atomic E-state index is 13.7. The molecule has 0 radical (unpaired) electrons.